The highest BCUT2D eigenvalue weighted by Gasteiger charge is 2.41. The molecule has 0 saturated carbocycles. The van der Waals surface area contributed by atoms with Gasteiger partial charge in [0.05, 0.1) is 30.3 Å². The first kappa shape index (κ1) is 25.7. The summed E-state index contributed by atoms with van der Waals surface area (Å²) in [5.74, 6) is -0.435. The number of carbonyl (C=O) groups is 2. The van der Waals surface area contributed by atoms with Gasteiger partial charge in [0.25, 0.3) is 0 Å². The summed E-state index contributed by atoms with van der Waals surface area (Å²) >= 11 is 1.47. The second kappa shape index (κ2) is 11.6. The zero-order valence-electron chi connectivity index (χ0n) is 21.1. The minimum absolute atomic E-state index is 0.00835. The Morgan fingerprint density at radius 3 is 2.50 bits per heavy atom. The fraction of sp³-hybridized carbons (Fsp3) is 0.321. The minimum Gasteiger partial charge on any atom is -0.460 e. The molecule has 188 valence electrons. The largest absolute Gasteiger partial charge is 0.460 e. The number of benzene rings is 2. The molecule has 0 saturated heterocycles. The first-order valence-corrected chi connectivity index (χ1v) is 12.7. The summed E-state index contributed by atoms with van der Waals surface area (Å²) in [6.45, 7) is 4.85. The Balaban J connectivity index is 1.63. The fourth-order valence-electron chi connectivity index (χ4n) is 4.35. The smallest absolute Gasteiger partial charge is 0.338 e. The van der Waals surface area contributed by atoms with Gasteiger partial charge in [-0.3, -0.25) is 4.79 Å². The molecule has 2 aliphatic rings. The van der Waals surface area contributed by atoms with Crippen molar-refractivity contribution in [3.05, 3.63) is 93.7 Å². The van der Waals surface area contributed by atoms with Gasteiger partial charge in [-0.2, -0.15) is 0 Å². The monoisotopic (exact) mass is 505 g/mol. The second-order valence-electron chi connectivity index (χ2n) is 8.79. The molecule has 1 atom stereocenters. The third-order valence-corrected chi connectivity index (χ3v) is 7.13. The van der Waals surface area contributed by atoms with Gasteiger partial charge in [0, 0.05) is 26.4 Å². The maximum Gasteiger partial charge on any atom is 0.338 e. The number of methoxy groups -OCH3 is 1. The molecular formula is C28H31N3O4S. The summed E-state index contributed by atoms with van der Waals surface area (Å²) in [4.78, 5) is 35.0. The summed E-state index contributed by atoms with van der Waals surface area (Å²) in [7, 11) is 3.38. The maximum absolute atomic E-state index is 13.3. The van der Waals surface area contributed by atoms with Crippen LogP contribution in [0, 0.1) is 6.92 Å². The first-order chi connectivity index (χ1) is 17.4. The zero-order chi connectivity index (χ0) is 25.7. The van der Waals surface area contributed by atoms with E-state index < -0.39 is 12.0 Å². The van der Waals surface area contributed by atoms with Crippen LogP contribution >= 0.6 is 11.8 Å². The quantitative estimate of drug-likeness (QED) is 0.360. The number of nitrogens with zero attached hydrogens (tertiary/aromatic N) is 3. The van der Waals surface area contributed by atoms with Crippen molar-refractivity contribution in [2.75, 3.05) is 27.4 Å². The first-order valence-electron chi connectivity index (χ1n) is 11.8. The van der Waals surface area contributed by atoms with Gasteiger partial charge in [-0.05, 0) is 35.9 Å². The number of thioether (sulfide) groups is 1. The highest BCUT2D eigenvalue weighted by atomic mass is 32.2. The lowest BCUT2D eigenvalue weighted by Crippen LogP contribution is -2.38. The fourth-order valence-corrected chi connectivity index (χ4v) is 5.31. The van der Waals surface area contributed by atoms with Gasteiger partial charge in [-0.25, -0.2) is 9.79 Å². The van der Waals surface area contributed by atoms with E-state index in [9.17, 15) is 9.59 Å². The second-order valence-corrected chi connectivity index (χ2v) is 9.63. The number of hydrogen-bond donors (Lipinski definition) is 0. The molecule has 1 unspecified atom stereocenters. The molecule has 0 spiro atoms. The van der Waals surface area contributed by atoms with Crippen LogP contribution in [0.1, 0.15) is 36.1 Å². The molecule has 0 aliphatic carbocycles. The van der Waals surface area contributed by atoms with Gasteiger partial charge in [-0.15, -0.1) is 0 Å². The van der Waals surface area contributed by atoms with E-state index >= 15 is 0 Å². The van der Waals surface area contributed by atoms with Crippen LogP contribution in [0.2, 0.25) is 0 Å². The number of amidine groups is 1. The van der Waals surface area contributed by atoms with Gasteiger partial charge in [0.1, 0.15) is 6.61 Å². The van der Waals surface area contributed by atoms with E-state index in [0.29, 0.717) is 24.4 Å². The third kappa shape index (κ3) is 5.55. The molecule has 2 aliphatic heterocycles. The zero-order valence-corrected chi connectivity index (χ0v) is 21.9. The van der Waals surface area contributed by atoms with E-state index in [1.165, 1.54) is 11.8 Å². The Hall–Kier alpha value is -3.36. The molecule has 2 aromatic carbocycles. The van der Waals surface area contributed by atoms with Crippen molar-refractivity contribution in [1.29, 1.82) is 0 Å². The SMILES string of the molecule is COCCOC(=O)C1=C(C)N=C2SC=C(CC(=O)N(C)Cc3ccccc3)N2C1c1ccccc1C. The molecule has 1 amide bonds. The van der Waals surface area contributed by atoms with Crippen LogP contribution in [0.15, 0.2) is 82.0 Å². The van der Waals surface area contributed by atoms with Crippen LogP contribution in [0.5, 0.6) is 0 Å². The Morgan fingerprint density at radius 1 is 1.06 bits per heavy atom. The topological polar surface area (TPSA) is 71.4 Å². The number of ether oxygens (including phenoxy) is 2. The third-order valence-electron chi connectivity index (χ3n) is 6.24. The van der Waals surface area contributed by atoms with Crippen molar-refractivity contribution in [1.82, 2.24) is 9.80 Å². The van der Waals surface area contributed by atoms with Crippen molar-refractivity contribution >= 4 is 28.8 Å². The number of allylic oxidation sites excluding steroid dienone is 1. The summed E-state index contributed by atoms with van der Waals surface area (Å²) in [5, 5.41) is 2.72. The van der Waals surface area contributed by atoms with Gasteiger partial charge in [0.2, 0.25) is 5.91 Å². The van der Waals surface area contributed by atoms with Crippen molar-refractivity contribution in [2.45, 2.75) is 32.9 Å². The molecule has 0 bridgehead atoms. The standard InChI is InChI=1S/C28H31N3O4S/c1-19-10-8-9-13-23(19)26-25(27(33)35-15-14-34-4)20(2)29-28-31(26)22(18-36-28)16-24(32)30(3)17-21-11-6-5-7-12-21/h5-13,18,26H,14-17H2,1-4H3. The van der Waals surface area contributed by atoms with Crippen LogP contribution in [-0.2, 0) is 25.6 Å². The number of aryl methyl sites for hydroxylation is 1. The number of carbonyl (C=O) groups excluding carboxylic acids is 2. The van der Waals surface area contributed by atoms with E-state index in [1.54, 1.807) is 12.0 Å². The Bertz CT molecular complexity index is 1220. The lowest BCUT2D eigenvalue weighted by molar-refractivity contribution is -0.141. The van der Waals surface area contributed by atoms with Crippen molar-refractivity contribution in [3.63, 3.8) is 0 Å². The van der Waals surface area contributed by atoms with E-state index in [0.717, 1.165) is 27.6 Å². The highest BCUT2D eigenvalue weighted by Crippen LogP contribution is 2.45. The summed E-state index contributed by atoms with van der Waals surface area (Å²) in [5.41, 5.74) is 4.99. The molecule has 8 heteroatoms. The highest BCUT2D eigenvalue weighted by molar-refractivity contribution is 8.16. The Morgan fingerprint density at radius 2 is 1.78 bits per heavy atom. The normalized spacial score (nSPS) is 16.9. The molecule has 4 rings (SSSR count). The Kier molecular flexibility index (Phi) is 8.28. The number of fused-ring (bicyclic) bond motifs is 1. The lowest BCUT2D eigenvalue weighted by atomic mass is 9.91. The van der Waals surface area contributed by atoms with E-state index in [2.05, 4.69) is 0 Å². The van der Waals surface area contributed by atoms with Gasteiger partial charge in [-0.1, -0.05) is 66.4 Å². The van der Waals surface area contributed by atoms with Crippen LogP contribution in [0.4, 0.5) is 0 Å². The minimum atomic E-state index is -0.442. The molecule has 0 fully saturated rings. The molecule has 7 nitrogen and oxygen atoms in total. The number of rotatable bonds is 9. The predicted molar refractivity (Wildman–Crippen MR) is 142 cm³/mol. The van der Waals surface area contributed by atoms with E-state index in [-0.39, 0.29) is 18.9 Å². The van der Waals surface area contributed by atoms with Crippen molar-refractivity contribution in [3.8, 4) is 0 Å². The summed E-state index contributed by atoms with van der Waals surface area (Å²) in [6.07, 6.45) is 0.197. The van der Waals surface area contributed by atoms with Crippen LogP contribution in [0.25, 0.3) is 0 Å². The number of aliphatic imine (C=N–C) groups is 1. The number of amides is 1. The van der Waals surface area contributed by atoms with Crippen LogP contribution < -0.4 is 0 Å². The maximum atomic E-state index is 13.3. The molecule has 0 radical (unpaired) electrons. The van der Waals surface area contributed by atoms with E-state index in [1.807, 2.05) is 85.8 Å². The van der Waals surface area contributed by atoms with Gasteiger partial charge in [0.15, 0.2) is 5.17 Å². The summed E-state index contributed by atoms with van der Waals surface area (Å²) in [6, 6.07) is 17.4. The van der Waals surface area contributed by atoms with Crippen LogP contribution in [0.3, 0.4) is 0 Å². The molecule has 2 heterocycles. The lowest BCUT2D eigenvalue weighted by Gasteiger charge is -2.37. The molecular weight excluding hydrogens is 474 g/mol. The Labute approximate surface area is 216 Å². The average molecular weight is 506 g/mol. The molecule has 0 N–H and O–H groups in total. The molecule has 0 aromatic heterocycles. The molecule has 2 aromatic rings. The summed E-state index contributed by atoms with van der Waals surface area (Å²) < 4.78 is 10.6. The van der Waals surface area contributed by atoms with Gasteiger partial charge < -0.3 is 19.3 Å². The van der Waals surface area contributed by atoms with Gasteiger partial charge >= 0.3 is 5.97 Å². The predicted octanol–water partition coefficient (Wildman–Crippen LogP) is 4.81. The molecule has 36 heavy (non-hydrogen) atoms. The number of hydrogen-bond acceptors (Lipinski definition) is 7. The number of esters is 1. The van der Waals surface area contributed by atoms with Crippen molar-refractivity contribution < 1.29 is 19.1 Å². The van der Waals surface area contributed by atoms with Crippen molar-refractivity contribution in [2.24, 2.45) is 4.99 Å². The average Bonchev–Trinajstić information content (AvgIpc) is 3.26. The van der Waals surface area contributed by atoms with E-state index in [4.69, 9.17) is 14.5 Å². The van der Waals surface area contributed by atoms with Crippen LogP contribution in [-0.4, -0.2) is 54.2 Å².